The van der Waals surface area contributed by atoms with Crippen LogP contribution in [0.2, 0.25) is 0 Å². The normalized spacial score (nSPS) is 17.3. The van der Waals surface area contributed by atoms with Gasteiger partial charge in [-0.1, -0.05) is 15.9 Å². The summed E-state index contributed by atoms with van der Waals surface area (Å²) in [7, 11) is 1.62. The molecular formula is C11H10Br2O2. The Kier molecular flexibility index (Phi) is 2.90. The van der Waals surface area contributed by atoms with E-state index >= 15 is 0 Å². The number of aldehydes is 1. The monoisotopic (exact) mass is 332 g/mol. The smallest absolute Gasteiger partial charge is 0.137 e. The molecule has 1 aliphatic rings. The van der Waals surface area contributed by atoms with Crippen LogP contribution in [0.5, 0.6) is 5.75 Å². The fourth-order valence-electron chi connectivity index (χ4n) is 1.72. The number of ether oxygens (including phenoxy) is 1. The summed E-state index contributed by atoms with van der Waals surface area (Å²) in [4.78, 5) is 11.1. The predicted octanol–water partition coefficient (Wildman–Crippen LogP) is 3.45. The van der Waals surface area contributed by atoms with E-state index in [4.69, 9.17) is 4.74 Å². The summed E-state index contributed by atoms with van der Waals surface area (Å²) in [5, 5.41) is 0. The Labute approximate surface area is 105 Å². The van der Waals surface area contributed by atoms with Gasteiger partial charge in [0.1, 0.15) is 12.0 Å². The lowest BCUT2D eigenvalue weighted by molar-refractivity contribution is -0.109. The zero-order valence-corrected chi connectivity index (χ0v) is 11.4. The molecule has 1 aliphatic carbocycles. The van der Waals surface area contributed by atoms with E-state index in [1.165, 1.54) is 0 Å². The molecular weight excluding hydrogens is 324 g/mol. The Morgan fingerprint density at radius 3 is 2.53 bits per heavy atom. The Balaban J connectivity index is 2.59. The quantitative estimate of drug-likeness (QED) is 0.792. The van der Waals surface area contributed by atoms with Gasteiger partial charge in [0.25, 0.3) is 0 Å². The minimum absolute atomic E-state index is 0.308. The first-order valence-corrected chi connectivity index (χ1v) is 6.21. The molecule has 1 aromatic carbocycles. The van der Waals surface area contributed by atoms with Crippen LogP contribution in [-0.4, -0.2) is 13.4 Å². The van der Waals surface area contributed by atoms with Crippen LogP contribution < -0.4 is 4.74 Å². The second kappa shape index (κ2) is 3.91. The second-order valence-electron chi connectivity index (χ2n) is 3.74. The van der Waals surface area contributed by atoms with Gasteiger partial charge in [0.05, 0.1) is 17.0 Å². The van der Waals surface area contributed by atoms with E-state index in [2.05, 4.69) is 31.9 Å². The average Bonchev–Trinajstić information content (AvgIpc) is 2.97. The van der Waals surface area contributed by atoms with Crippen LogP contribution in [0.3, 0.4) is 0 Å². The van der Waals surface area contributed by atoms with Crippen LogP contribution >= 0.6 is 31.9 Å². The van der Waals surface area contributed by atoms with Crippen molar-refractivity contribution in [3.05, 3.63) is 26.6 Å². The largest absolute Gasteiger partial charge is 0.495 e. The molecule has 0 bridgehead atoms. The van der Waals surface area contributed by atoms with Gasteiger partial charge in [-0.05, 0) is 40.9 Å². The van der Waals surface area contributed by atoms with Gasteiger partial charge in [-0.15, -0.1) is 0 Å². The molecule has 15 heavy (non-hydrogen) atoms. The highest BCUT2D eigenvalue weighted by atomic mass is 79.9. The zero-order valence-electron chi connectivity index (χ0n) is 8.22. The van der Waals surface area contributed by atoms with Crippen LogP contribution in [0.25, 0.3) is 0 Å². The first-order valence-electron chi connectivity index (χ1n) is 4.63. The average molecular weight is 334 g/mol. The fourth-order valence-corrected chi connectivity index (χ4v) is 3.11. The number of hydrogen-bond donors (Lipinski definition) is 0. The van der Waals surface area contributed by atoms with Crippen molar-refractivity contribution in [3.8, 4) is 5.75 Å². The van der Waals surface area contributed by atoms with Gasteiger partial charge in [-0.2, -0.15) is 0 Å². The number of carbonyl (C=O) groups excluding carboxylic acids is 1. The molecule has 0 aliphatic heterocycles. The van der Waals surface area contributed by atoms with Gasteiger partial charge in [0.15, 0.2) is 0 Å². The molecule has 0 spiro atoms. The predicted molar refractivity (Wildman–Crippen MR) is 65.4 cm³/mol. The summed E-state index contributed by atoms with van der Waals surface area (Å²) < 4.78 is 7.17. The van der Waals surface area contributed by atoms with Crippen LogP contribution in [-0.2, 0) is 10.2 Å². The molecule has 0 atom stereocenters. The van der Waals surface area contributed by atoms with E-state index in [-0.39, 0.29) is 5.41 Å². The summed E-state index contributed by atoms with van der Waals surface area (Å²) in [6, 6.07) is 3.88. The van der Waals surface area contributed by atoms with Crippen LogP contribution in [0.4, 0.5) is 0 Å². The minimum atomic E-state index is -0.308. The van der Waals surface area contributed by atoms with Gasteiger partial charge < -0.3 is 9.53 Å². The lowest BCUT2D eigenvalue weighted by Gasteiger charge is -2.15. The van der Waals surface area contributed by atoms with E-state index in [0.717, 1.165) is 39.4 Å². The second-order valence-corrected chi connectivity index (χ2v) is 5.51. The lowest BCUT2D eigenvalue weighted by Crippen LogP contribution is -2.10. The number of benzene rings is 1. The molecule has 2 rings (SSSR count). The molecule has 1 saturated carbocycles. The van der Waals surface area contributed by atoms with Crippen LogP contribution in [0, 0.1) is 0 Å². The highest BCUT2D eigenvalue weighted by Gasteiger charge is 2.46. The van der Waals surface area contributed by atoms with Crippen LogP contribution in [0.1, 0.15) is 18.4 Å². The molecule has 0 unspecified atom stereocenters. The van der Waals surface area contributed by atoms with E-state index < -0.39 is 0 Å². The first kappa shape index (κ1) is 11.1. The maximum atomic E-state index is 11.1. The molecule has 0 heterocycles. The molecule has 0 saturated heterocycles. The maximum Gasteiger partial charge on any atom is 0.137 e. The van der Waals surface area contributed by atoms with Crippen molar-refractivity contribution in [2.75, 3.05) is 7.11 Å². The van der Waals surface area contributed by atoms with Gasteiger partial charge in [0, 0.05) is 10.0 Å². The summed E-state index contributed by atoms with van der Waals surface area (Å²) >= 11 is 6.86. The van der Waals surface area contributed by atoms with Crippen molar-refractivity contribution in [1.29, 1.82) is 0 Å². The molecule has 4 heteroatoms. The fraction of sp³-hybridized carbons (Fsp3) is 0.364. The van der Waals surface area contributed by atoms with Gasteiger partial charge in [-0.25, -0.2) is 0 Å². The van der Waals surface area contributed by atoms with Crippen LogP contribution in [0.15, 0.2) is 21.1 Å². The SMILES string of the molecule is COc1c(Br)cc(Br)cc1C1(C=O)CC1. The standard InChI is InChI=1S/C11H10Br2O2/c1-15-10-8(11(6-14)2-3-11)4-7(12)5-9(10)13/h4-6H,2-3H2,1H3. The Morgan fingerprint density at radius 1 is 1.40 bits per heavy atom. The third-order valence-corrected chi connectivity index (χ3v) is 3.81. The van der Waals surface area contributed by atoms with Crippen molar-refractivity contribution in [2.45, 2.75) is 18.3 Å². The molecule has 0 N–H and O–H groups in total. The lowest BCUT2D eigenvalue weighted by atomic mass is 9.97. The third-order valence-electron chi connectivity index (χ3n) is 2.76. The van der Waals surface area contributed by atoms with E-state index in [9.17, 15) is 4.79 Å². The summed E-state index contributed by atoms with van der Waals surface area (Å²) in [5.41, 5.74) is 0.665. The minimum Gasteiger partial charge on any atom is -0.495 e. The molecule has 80 valence electrons. The number of methoxy groups -OCH3 is 1. The highest BCUT2D eigenvalue weighted by molar-refractivity contribution is 9.11. The summed E-state index contributed by atoms with van der Waals surface area (Å²) in [6.45, 7) is 0. The van der Waals surface area contributed by atoms with Crippen molar-refractivity contribution in [1.82, 2.24) is 0 Å². The Hall–Kier alpha value is -0.350. The Bertz CT molecular complexity index is 411. The maximum absolute atomic E-state index is 11.1. The molecule has 1 aromatic rings. The van der Waals surface area contributed by atoms with Gasteiger partial charge in [-0.3, -0.25) is 0 Å². The van der Waals surface area contributed by atoms with Crippen molar-refractivity contribution >= 4 is 38.1 Å². The number of rotatable bonds is 3. The first-order chi connectivity index (χ1) is 7.13. The summed E-state index contributed by atoms with van der Waals surface area (Å²) in [6.07, 6.45) is 2.86. The third kappa shape index (κ3) is 1.85. The van der Waals surface area contributed by atoms with E-state index in [0.29, 0.717) is 0 Å². The van der Waals surface area contributed by atoms with E-state index in [1.807, 2.05) is 12.1 Å². The number of carbonyl (C=O) groups is 1. The highest BCUT2D eigenvalue weighted by Crippen LogP contribution is 2.51. The van der Waals surface area contributed by atoms with Crippen molar-refractivity contribution in [2.24, 2.45) is 0 Å². The summed E-state index contributed by atoms with van der Waals surface area (Å²) in [5.74, 6) is 0.766. The number of halogens is 2. The van der Waals surface area contributed by atoms with Crippen molar-refractivity contribution in [3.63, 3.8) is 0 Å². The number of hydrogen-bond acceptors (Lipinski definition) is 2. The Morgan fingerprint density at radius 2 is 2.07 bits per heavy atom. The zero-order chi connectivity index (χ0) is 11.1. The van der Waals surface area contributed by atoms with Gasteiger partial charge >= 0.3 is 0 Å². The molecule has 0 amide bonds. The van der Waals surface area contributed by atoms with E-state index in [1.54, 1.807) is 7.11 Å². The molecule has 2 nitrogen and oxygen atoms in total. The van der Waals surface area contributed by atoms with Crippen molar-refractivity contribution < 1.29 is 9.53 Å². The molecule has 0 radical (unpaired) electrons. The molecule has 0 aromatic heterocycles. The van der Waals surface area contributed by atoms with Gasteiger partial charge in [0.2, 0.25) is 0 Å². The topological polar surface area (TPSA) is 26.3 Å². The molecule has 1 fully saturated rings.